The first-order valence-corrected chi connectivity index (χ1v) is 9.05. The van der Waals surface area contributed by atoms with E-state index in [9.17, 15) is 23.9 Å². The smallest absolute Gasteiger partial charge is 0.339 e. The first-order chi connectivity index (χ1) is 14.8. The standard InChI is InChI=1S/C21H19FN4O5/c1-24-20(28)17(19(23)27)26-15-10-8-13(21(29)30)18(31-2)16(15)14(25-26)9-5-11-3-6-12(22)7-4-11/h3-10,17H,1-2H3,(H2,23,27)(H,24,28)(H,29,30). The van der Waals surface area contributed by atoms with Gasteiger partial charge in [0.2, 0.25) is 6.04 Å². The Morgan fingerprint density at radius 2 is 1.87 bits per heavy atom. The molecule has 3 aromatic rings. The number of halogens is 1. The number of aromatic nitrogens is 2. The number of likely N-dealkylation sites (N-methyl/N-ethyl adjacent to an activating group) is 1. The van der Waals surface area contributed by atoms with Crippen LogP contribution in [0.5, 0.6) is 5.75 Å². The van der Waals surface area contributed by atoms with Crippen molar-refractivity contribution in [3.63, 3.8) is 0 Å². The second kappa shape index (κ2) is 8.66. The van der Waals surface area contributed by atoms with Gasteiger partial charge in [0.1, 0.15) is 17.1 Å². The van der Waals surface area contributed by atoms with Gasteiger partial charge in [-0.25, -0.2) is 13.9 Å². The molecule has 31 heavy (non-hydrogen) atoms. The summed E-state index contributed by atoms with van der Waals surface area (Å²) in [6.07, 6.45) is 3.17. The van der Waals surface area contributed by atoms with E-state index in [1.54, 1.807) is 24.3 Å². The maximum Gasteiger partial charge on any atom is 0.339 e. The molecule has 1 atom stereocenters. The predicted molar refractivity (Wildman–Crippen MR) is 111 cm³/mol. The number of carboxylic acid groups (broad SMARTS) is 1. The fourth-order valence-corrected chi connectivity index (χ4v) is 3.17. The van der Waals surface area contributed by atoms with Gasteiger partial charge in [0, 0.05) is 7.05 Å². The number of methoxy groups -OCH3 is 1. The lowest BCUT2D eigenvalue weighted by Gasteiger charge is -2.14. The summed E-state index contributed by atoms with van der Waals surface area (Å²) in [6, 6.07) is 6.89. The summed E-state index contributed by atoms with van der Waals surface area (Å²) in [6.45, 7) is 0. The number of ether oxygens (including phenoxy) is 1. The lowest BCUT2D eigenvalue weighted by Crippen LogP contribution is -2.39. The number of benzene rings is 2. The van der Waals surface area contributed by atoms with Gasteiger partial charge in [0.15, 0.2) is 0 Å². The Labute approximate surface area is 175 Å². The average Bonchev–Trinajstić information content (AvgIpc) is 3.10. The van der Waals surface area contributed by atoms with E-state index >= 15 is 0 Å². The first-order valence-electron chi connectivity index (χ1n) is 9.05. The zero-order valence-corrected chi connectivity index (χ0v) is 16.6. The van der Waals surface area contributed by atoms with E-state index < -0.39 is 29.6 Å². The largest absolute Gasteiger partial charge is 0.495 e. The van der Waals surface area contributed by atoms with E-state index in [0.717, 1.165) is 4.68 Å². The number of carbonyl (C=O) groups excluding carboxylic acids is 2. The van der Waals surface area contributed by atoms with Gasteiger partial charge in [-0.1, -0.05) is 18.2 Å². The Hall–Kier alpha value is -4.21. The third-order valence-corrected chi connectivity index (χ3v) is 4.60. The molecule has 0 radical (unpaired) electrons. The van der Waals surface area contributed by atoms with Crippen LogP contribution in [0.3, 0.4) is 0 Å². The number of hydrogen-bond donors (Lipinski definition) is 3. The van der Waals surface area contributed by atoms with Crippen LogP contribution in [0.1, 0.15) is 27.7 Å². The monoisotopic (exact) mass is 426 g/mol. The minimum Gasteiger partial charge on any atom is -0.495 e. The number of aromatic carboxylic acids is 1. The lowest BCUT2D eigenvalue weighted by molar-refractivity contribution is -0.132. The minimum absolute atomic E-state index is 0.00938. The topological polar surface area (TPSA) is 137 Å². The van der Waals surface area contributed by atoms with E-state index in [4.69, 9.17) is 10.5 Å². The van der Waals surface area contributed by atoms with Gasteiger partial charge in [0.05, 0.1) is 23.7 Å². The molecule has 160 valence electrons. The van der Waals surface area contributed by atoms with E-state index in [1.165, 1.54) is 38.4 Å². The maximum atomic E-state index is 13.2. The van der Waals surface area contributed by atoms with E-state index in [1.807, 2.05) is 0 Å². The second-order valence-corrected chi connectivity index (χ2v) is 6.48. The van der Waals surface area contributed by atoms with Crippen LogP contribution in [0.4, 0.5) is 4.39 Å². The highest BCUT2D eigenvalue weighted by Gasteiger charge is 2.30. The number of rotatable bonds is 7. The summed E-state index contributed by atoms with van der Waals surface area (Å²) in [5.74, 6) is -3.24. The number of nitrogens with two attached hydrogens (primary N) is 1. The molecule has 0 bridgehead atoms. The third kappa shape index (κ3) is 4.08. The Kier molecular flexibility index (Phi) is 6.00. The van der Waals surface area contributed by atoms with Crippen LogP contribution in [0.25, 0.3) is 23.1 Å². The molecule has 0 spiro atoms. The molecule has 0 saturated carbocycles. The van der Waals surface area contributed by atoms with Gasteiger partial charge in [-0.2, -0.15) is 5.10 Å². The zero-order valence-electron chi connectivity index (χ0n) is 16.6. The summed E-state index contributed by atoms with van der Waals surface area (Å²) in [5.41, 5.74) is 6.46. The molecule has 1 unspecified atom stereocenters. The summed E-state index contributed by atoms with van der Waals surface area (Å²) in [4.78, 5) is 36.0. The minimum atomic E-state index is -1.47. The van der Waals surface area contributed by atoms with Crippen LogP contribution in [-0.2, 0) is 9.59 Å². The molecule has 1 aromatic heterocycles. The van der Waals surface area contributed by atoms with Gasteiger partial charge in [0.25, 0.3) is 11.8 Å². The molecule has 2 aromatic carbocycles. The number of amides is 2. The molecule has 10 heteroatoms. The Morgan fingerprint density at radius 3 is 2.42 bits per heavy atom. The van der Waals surface area contributed by atoms with Crippen molar-refractivity contribution in [1.29, 1.82) is 0 Å². The average molecular weight is 426 g/mol. The highest BCUT2D eigenvalue weighted by molar-refractivity contribution is 6.06. The number of primary amides is 1. The molecule has 2 amide bonds. The molecule has 9 nitrogen and oxygen atoms in total. The Balaban J connectivity index is 2.29. The summed E-state index contributed by atoms with van der Waals surface area (Å²) in [5, 5.41) is 16.5. The van der Waals surface area contributed by atoms with Crippen molar-refractivity contribution >= 4 is 40.8 Å². The van der Waals surface area contributed by atoms with E-state index in [2.05, 4.69) is 10.4 Å². The SMILES string of the molecule is CNC(=O)C(C(N)=O)n1nc(C=Cc2ccc(F)cc2)c2c(OC)c(C(=O)O)ccc21. The van der Waals surface area contributed by atoms with Crippen LogP contribution >= 0.6 is 0 Å². The molecule has 0 fully saturated rings. The van der Waals surface area contributed by atoms with Gasteiger partial charge >= 0.3 is 5.97 Å². The molecular formula is C21H19FN4O5. The zero-order chi connectivity index (χ0) is 22.7. The summed E-state index contributed by atoms with van der Waals surface area (Å²) < 4.78 is 19.6. The quantitative estimate of drug-likeness (QED) is 0.493. The number of fused-ring (bicyclic) bond motifs is 1. The van der Waals surface area contributed by atoms with Gasteiger partial charge in [-0.15, -0.1) is 0 Å². The van der Waals surface area contributed by atoms with Gasteiger partial charge < -0.3 is 20.9 Å². The van der Waals surface area contributed by atoms with Crippen molar-refractivity contribution in [1.82, 2.24) is 15.1 Å². The fraction of sp³-hybridized carbons (Fsp3) is 0.143. The summed E-state index contributed by atoms with van der Waals surface area (Å²) in [7, 11) is 2.65. The van der Waals surface area contributed by atoms with Crippen LogP contribution in [-0.4, -0.2) is 46.8 Å². The highest BCUT2D eigenvalue weighted by Crippen LogP contribution is 2.35. The number of nitrogens with zero attached hydrogens (tertiary/aromatic N) is 2. The maximum absolute atomic E-state index is 13.2. The van der Waals surface area contributed by atoms with Crippen molar-refractivity contribution in [3.05, 3.63) is 59.0 Å². The molecule has 0 aliphatic heterocycles. The van der Waals surface area contributed by atoms with Gasteiger partial charge in [-0.3, -0.25) is 9.59 Å². The first kappa shape index (κ1) is 21.5. The third-order valence-electron chi connectivity index (χ3n) is 4.60. The molecule has 4 N–H and O–H groups in total. The molecular weight excluding hydrogens is 407 g/mol. The number of nitrogens with one attached hydrogen (secondary N) is 1. The van der Waals surface area contributed by atoms with Crippen molar-refractivity contribution in [3.8, 4) is 5.75 Å². The van der Waals surface area contributed by atoms with Crippen molar-refractivity contribution in [2.45, 2.75) is 6.04 Å². The molecule has 3 rings (SSSR count). The highest BCUT2D eigenvalue weighted by atomic mass is 19.1. The fourth-order valence-electron chi connectivity index (χ4n) is 3.17. The van der Waals surface area contributed by atoms with Crippen molar-refractivity contribution < 1.29 is 28.6 Å². The molecule has 0 aliphatic carbocycles. The van der Waals surface area contributed by atoms with Crippen LogP contribution in [0, 0.1) is 5.82 Å². The predicted octanol–water partition coefficient (Wildman–Crippen LogP) is 1.82. The number of carboxylic acids is 1. The normalized spacial score (nSPS) is 12.1. The number of carbonyl (C=O) groups is 3. The Bertz CT molecular complexity index is 1200. The second-order valence-electron chi connectivity index (χ2n) is 6.48. The van der Waals surface area contributed by atoms with E-state index in [0.29, 0.717) is 5.56 Å². The molecule has 1 heterocycles. The van der Waals surface area contributed by atoms with E-state index in [-0.39, 0.29) is 27.9 Å². The van der Waals surface area contributed by atoms with Crippen molar-refractivity contribution in [2.75, 3.05) is 14.2 Å². The molecule has 0 aliphatic rings. The number of hydrogen-bond acceptors (Lipinski definition) is 5. The van der Waals surface area contributed by atoms with Gasteiger partial charge in [-0.05, 0) is 35.9 Å². The van der Waals surface area contributed by atoms with Crippen molar-refractivity contribution in [2.24, 2.45) is 5.73 Å². The Morgan fingerprint density at radius 1 is 1.19 bits per heavy atom. The lowest BCUT2D eigenvalue weighted by atomic mass is 10.1. The van der Waals surface area contributed by atoms with Crippen LogP contribution < -0.4 is 15.8 Å². The van der Waals surface area contributed by atoms with Crippen LogP contribution in [0.15, 0.2) is 36.4 Å². The summed E-state index contributed by atoms with van der Waals surface area (Å²) >= 11 is 0. The van der Waals surface area contributed by atoms with Crippen LogP contribution in [0.2, 0.25) is 0 Å². The molecule has 0 saturated heterocycles.